The quantitative estimate of drug-likeness (QED) is 0.110. The molecule has 11 nitrogen and oxygen atoms in total. The molecule has 0 spiro atoms. The molecule has 6 aromatic rings. The molecule has 53 heavy (non-hydrogen) atoms. The van der Waals surface area contributed by atoms with Crippen molar-refractivity contribution in [1.82, 2.24) is 25.1 Å². The number of H-pyrrole nitrogens is 1. The van der Waals surface area contributed by atoms with Crippen molar-refractivity contribution in [3.8, 4) is 28.7 Å². The second-order valence-electron chi connectivity index (χ2n) is 13.3. The molecule has 0 radical (unpaired) electrons. The molecule has 5 N–H and O–H groups in total. The molecule has 0 saturated carbocycles. The Hall–Kier alpha value is -5.49. The van der Waals surface area contributed by atoms with Gasteiger partial charge in [0.15, 0.2) is 5.82 Å². The van der Waals surface area contributed by atoms with Crippen LogP contribution >= 0.6 is 11.6 Å². The molecule has 3 aromatic carbocycles. The number of hydrogen-bond acceptors (Lipinski definition) is 7. The van der Waals surface area contributed by atoms with Crippen molar-refractivity contribution in [2.45, 2.75) is 45.3 Å². The second-order valence-corrected chi connectivity index (χ2v) is 15.5. The highest BCUT2D eigenvalue weighted by Gasteiger charge is 2.27. The van der Waals surface area contributed by atoms with Crippen molar-refractivity contribution in [1.29, 1.82) is 0 Å². The maximum absolute atomic E-state index is 14.5. The minimum Gasteiger partial charge on any atom is -0.508 e. The van der Waals surface area contributed by atoms with Crippen molar-refractivity contribution in [3.05, 3.63) is 106 Å². The Kier molecular flexibility index (Phi) is 9.95. The molecule has 6 rings (SSSR count). The minimum atomic E-state index is -3.75. The predicted molar refractivity (Wildman–Crippen MR) is 200 cm³/mol. The van der Waals surface area contributed by atoms with Gasteiger partial charge in [0, 0.05) is 40.8 Å². The summed E-state index contributed by atoms with van der Waals surface area (Å²) in [6.45, 7) is 4.83. The number of nitrogens with zero attached hydrogens (tertiary/aromatic N) is 3. The molecule has 274 valence electrons. The number of aromatic amines is 1. The highest BCUT2D eigenvalue weighted by molar-refractivity contribution is 7.92. The van der Waals surface area contributed by atoms with E-state index in [1.165, 1.54) is 24.6 Å². The Labute approximate surface area is 309 Å². The zero-order chi connectivity index (χ0) is 38.4. The van der Waals surface area contributed by atoms with Gasteiger partial charge >= 0.3 is 0 Å². The fourth-order valence-corrected chi connectivity index (χ4v) is 7.02. The van der Waals surface area contributed by atoms with Crippen LogP contribution in [0.25, 0.3) is 32.9 Å². The number of nitrogens with one attached hydrogen (secondary N) is 3. The number of hydrogen-bond donors (Lipinski definition) is 5. The van der Waals surface area contributed by atoms with Crippen molar-refractivity contribution in [3.63, 3.8) is 0 Å². The van der Waals surface area contributed by atoms with Crippen molar-refractivity contribution < 1.29 is 32.2 Å². The van der Waals surface area contributed by atoms with E-state index < -0.39 is 39.2 Å². The third-order valence-electron chi connectivity index (χ3n) is 8.40. The van der Waals surface area contributed by atoms with Gasteiger partial charge in [0.05, 0.1) is 40.3 Å². The first kappa shape index (κ1) is 37.3. The molecule has 1 unspecified atom stereocenters. The molecule has 1 atom stereocenters. The van der Waals surface area contributed by atoms with E-state index in [4.69, 9.17) is 16.6 Å². The number of aromatic hydroxyl groups is 1. The van der Waals surface area contributed by atoms with E-state index in [1.807, 2.05) is 6.92 Å². The zero-order valence-corrected chi connectivity index (χ0v) is 30.8. The van der Waals surface area contributed by atoms with Crippen LogP contribution in [0.5, 0.6) is 5.75 Å². The van der Waals surface area contributed by atoms with Crippen molar-refractivity contribution in [2.24, 2.45) is 7.05 Å². The van der Waals surface area contributed by atoms with E-state index in [-0.39, 0.29) is 46.4 Å². The summed E-state index contributed by atoms with van der Waals surface area (Å²) < 4.78 is 57.4. The molecule has 15 heteroatoms. The van der Waals surface area contributed by atoms with E-state index in [1.54, 1.807) is 43.4 Å². The van der Waals surface area contributed by atoms with Crippen LogP contribution in [-0.4, -0.2) is 56.1 Å². The van der Waals surface area contributed by atoms with E-state index in [9.17, 15) is 32.2 Å². The Morgan fingerprint density at radius 3 is 2.45 bits per heavy atom. The Morgan fingerprint density at radius 1 is 1.08 bits per heavy atom. The molecule has 0 bridgehead atoms. The fourth-order valence-electron chi connectivity index (χ4n) is 6.28. The van der Waals surface area contributed by atoms with Gasteiger partial charge in [-0.3, -0.25) is 14.2 Å². The molecule has 0 fully saturated rings. The van der Waals surface area contributed by atoms with E-state index >= 15 is 0 Å². The summed E-state index contributed by atoms with van der Waals surface area (Å²) in [5.41, 5.74) is 2.80. The summed E-state index contributed by atoms with van der Waals surface area (Å²) in [4.78, 5) is 22.1. The molecule has 0 aliphatic rings. The summed E-state index contributed by atoms with van der Waals surface area (Å²) in [6, 6.07) is 13.5. The fraction of sp³-hybridized carbons (Fsp3) is 0.237. The summed E-state index contributed by atoms with van der Waals surface area (Å²) >= 11 is 6.62. The number of phenolic OH excluding ortho intramolecular Hbond substituents is 1. The van der Waals surface area contributed by atoms with Gasteiger partial charge in [-0.15, -0.1) is 0 Å². The highest BCUT2D eigenvalue weighted by atomic mass is 35.5. The van der Waals surface area contributed by atoms with Crippen LogP contribution in [0.15, 0.2) is 60.7 Å². The molecule has 3 heterocycles. The van der Waals surface area contributed by atoms with Gasteiger partial charge in [0.2, 0.25) is 15.9 Å². The number of fused-ring (bicyclic) bond motifs is 2. The number of pyridine rings is 1. The van der Waals surface area contributed by atoms with Gasteiger partial charge in [0.25, 0.3) is 0 Å². The number of rotatable bonds is 9. The number of phenols is 1. The predicted octanol–water partition coefficient (Wildman–Crippen LogP) is 6.20. The van der Waals surface area contributed by atoms with Gasteiger partial charge in [-0.25, -0.2) is 22.2 Å². The van der Waals surface area contributed by atoms with Crippen molar-refractivity contribution >= 4 is 55.2 Å². The lowest BCUT2D eigenvalue weighted by atomic mass is 9.93. The standard InChI is InChI=1S/C38H35ClF2N6O5S/c1-20-28(29-18-25(48)7-11-31(29)42-20)19-33(49)44-32(16-21-14-22(40)17-23(41)15-21)35-26(8-6-24(43-35)12-13-38(2,3)50)27-9-10-30(39)34-36(27)47(4)45-37(34)46-53(5,51)52/h6-11,14-15,17-18,32,42,48,50H,16,19H2,1-5H3,(H,44,49)(H,45,46). The maximum atomic E-state index is 14.5. The van der Waals surface area contributed by atoms with E-state index in [0.29, 0.717) is 38.7 Å². The summed E-state index contributed by atoms with van der Waals surface area (Å²) in [5.74, 6) is 3.55. The normalized spacial score (nSPS) is 12.5. The monoisotopic (exact) mass is 760 g/mol. The number of benzene rings is 3. The Bertz CT molecular complexity index is 2580. The van der Waals surface area contributed by atoms with Crippen LogP contribution in [0.3, 0.4) is 0 Å². The van der Waals surface area contributed by atoms with Crippen LogP contribution in [0.1, 0.15) is 48.1 Å². The smallest absolute Gasteiger partial charge is 0.231 e. The Morgan fingerprint density at radius 2 is 1.77 bits per heavy atom. The van der Waals surface area contributed by atoms with Gasteiger partial charge < -0.3 is 20.5 Å². The van der Waals surface area contributed by atoms with E-state index in [0.717, 1.165) is 30.0 Å². The topological polar surface area (TPSA) is 162 Å². The number of aromatic nitrogens is 4. The average molecular weight is 761 g/mol. The van der Waals surface area contributed by atoms with Crippen molar-refractivity contribution in [2.75, 3.05) is 11.0 Å². The SMILES string of the molecule is Cc1[nH]c2ccc(O)cc2c1CC(=O)NC(Cc1cc(F)cc(F)c1)c1nc(C#CC(C)(C)O)ccc1-c1ccc(Cl)c2c(NS(C)(=O)=O)nn(C)c12. The van der Waals surface area contributed by atoms with Crippen LogP contribution in [0.2, 0.25) is 5.02 Å². The summed E-state index contributed by atoms with van der Waals surface area (Å²) in [5, 5.41) is 29.1. The largest absolute Gasteiger partial charge is 0.508 e. The summed E-state index contributed by atoms with van der Waals surface area (Å²) in [7, 11) is -2.14. The molecular weight excluding hydrogens is 726 g/mol. The number of halogens is 3. The van der Waals surface area contributed by atoms with Gasteiger partial charge in [-0.05, 0) is 92.8 Å². The number of amides is 1. The summed E-state index contributed by atoms with van der Waals surface area (Å²) in [6.07, 6.45) is 0.757. The number of carbonyl (C=O) groups is 1. The molecule has 0 aliphatic carbocycles. The zero-order valence-electron chi connectivity index (χ0n) is 29.3. The first-order valence-corrected chi connectivity index (χ1v) is 18.6. The van der Waals surface area contributed by atoms with Crippen LogP contribution in [0, 0.1) is 30.4 Å². The lowest BCUT2D eigenvalue weighted by molar-refractivity contribution is -0.121. The molecule has 3 aromatic heterocycles. The lowest BCUT2D eigenvalue weighted by Gasteiger charge is -2.23. The lowest BCUT2D eigenvalue weighted by Crippen LogP contribution is -2.32. The Balaban J connectivity index is 1.55. The first-order valence-electron chi connectivity index (χ1n) is 16.3. The second kappa shape index (κ2) is 14.1. The van der Waals surface area contributed by atoms with Crippen LogP contribution in [0.4, 0.5) is 14.6 Å². The third kappa shape index (κ3) is 8.44. The maximum Gasteiger partial charge on any atom is 0.231 e. The molecule has 0 saturated heterocycles. The van der Waals surface area contributed by atoms with Crippen LogP contribution in [-0.2, 0) is 34.7 Å². The third-order valence-corrected chi connectivity index (χ3v) is 9.28. The van der Waals surface area contributed by atoms with Gasteiger partial charge in [0.1, 0.15) is 28.7 Å². The number of aryl methyl sites for hydroxylation is 2. The van der Waals surface area contributed by atoms with Gasteiger partial charge in [-0.2, -0.15) is 5.10 Å². The van der Waals surface area contributed by atoms with Gasteiger partial charge in [-0.1, -0.05) is 23.6 Å². The van der Waals surface area contributed by atoms with Crippen LogP contribution < -0.4 is 10.0 Å². The molecular formula is C38H35ClF2N6O5S. The number of carbonyl (C=O) groups excluding carboxylic acids is 1. The van der Waals surface area contributed by atoms with E-state index in [2.05, 4.69) is 32.0 Å². The first-order chi connectivity index (χ1) is 24.8. The number of anilines is 1. The molecule has 1 amide bonds. The highest BCUT2D eigenvalue weighted by Crippen LogP contribution is 2.40. The number of sulfonamides is 1. The minimum absolute atomic E-state index is 0.000697. The number of aliphatic hydroxyl groups is 1. The molecule has 0 aliphatic heterocycles. The average Bonchev–Trinajstić information content (AvgIpc) is 3.53.